The molecule has 2 atom stereocenters. The lowest BCUT2D eigenvalue weighted by Gasteiger charge is -2.28. The maximum atomic E-state index is 9.98. The molecule has 2 nitrogen and oxygen atoms in total. The summed E-state index contributed by atoms with van der Waals surface area (Å²) in [5.74, 6) is 0.271. The number of hydrogen-bond acceptors (Lipinski definition) is 1. The van der Waals surface area contributed by atoms with E-state index in [2.05, 4.69) is 10.9 Å². The van der Waals surface area contributed by atoms with Crippen molar-refractivity contribution in [1.29, 1.82) is 0 Å². The third kappa shape index (κ3) is 2.10. The standard InChI is InChI=1S/C14H17NO/c1-10-9-11(7-8-13(10)15-2)12-5-3-4-6-14(12)16/h7-9,12,14,16H,3-6H2,1H3/t12-,14-/m1/s1. The SMILES string of the molecule is [C-]#[N+]c1ccc([C@H]2CCCC[C@H]2O)cc1C. The van der Waals surface area contributed by atoms with E-state index in [0.29, 0.717) is 5.69 Å². The van der Waals surface area contributed by atoms with Crippen LogP contribution in [0.15, 0.2) is 18.2 Å². The summed E-state index contributed by atoms with van der Waals surface area (Å²) in [6.45, 7) is 8.98. The number of benzene rings is 1. The smallest absolute Gasteiger partial charge is 0.190 e. The van der Waals surface area contributed by atoms with Crippen molar-refractivity contribution >= 4 is 5.69 Å². The zero-order chi connectivity index (χ0) is 11.5. The molecule has 1 saturated carbocycles. The molecule has 2 rings (SSSR count). The van der Waals surface area contributed by atoms with Crippen LogP contribution in [-0.4, -0.2) is 11.2 Å². The van der Waals surface area contributed by atoms with Gasteiger partial charge < -0.3 is 5.11 Å². The first-order valence-corrected chi connectivity index (χ1v) is 5.88. The average Bonchev–Trinajstić information content (AvgIpc) is 2.29. The Morgan fingerprint density at radius 2 is 2.06 bits per heavy atom. The number of aryl methyl sites for hydroxylation is 1. The van der Waals surface area contributed by atoms with Gasteiger partial charge in [0, 0.05) is 5.92 Å². The molecule has 0 saturated heterocycles. The van der Waals surface area contributed by atoms with Crippen molar-refractivity contribution < 1.29 is 5.11 Å². The van der Waals surface area contributed by atoms with Gasteiger partial charge >= 0.3 is 0 Å². The van der Waals surface area contributed by atoms with Crippen LogP contribution in [0, 0.1) is 13.5 Å². The molecule has 0 amide bonds. The van der Waals surface area contributed by atoms with Gasteiger partial charge in [-0.2, -0.15) is 0 Å². The minimum atomic E-state index is -0.202. The molecule has 0 heterocycles. The van der Waals surface area contributed by atoms with Crippen molar-refractivity contribution in [2.24, 2.45) is 0 Å². The van der Waals surface area contributed by atoms with Gasteiger partial charge in [0.2, 0.25) is 0 Å². The van der Waals surface area contributed by atoms with Crippen LogP contribution >= 0.6 is 0 Å². The Morgan fingerprint density at radius 3 is 2.69 bits per heavy atom. The maximum absolute atomic E-state index is 9.98. The number of hydrogen-bond donors (Lipinski definition) is 1. The Morgan fingerprint density at radius 1 is 1.31 bits per heavy atom. The first-order chi connectivity index (χ1) is 7.72. The summed E-state index contributed by atoms with van der Waals surface area (Å²) in [4.78, 5) is 3.46. The molecule has 2 heteroatoms. The van der Waals surface area contributed by atoms with E-state index in [1.54, 1.807) is 0 Å². The molecule has 0 bridgehead atoms. The van der Waals surface area contributed by atoms with Crippen molar-refractivity contribution in [2.75, 3.05) is 0 Å². The molecule has 0 spiro atoms. The predicted molar refractivity (Wildman–Crippen MR) is 64.7 cm³/mol. The molecular weight excluding hydrogens is 198 g/mol. The van der Waals surface area contributed by atoms with Gasteiger partial charge in [0.15, 0.2) is 5.69 Å². The highest BCUT2D eigenvalue weighted by molar-refractivity contribution is 5.53. The Bertz CT molecular complexity index is 419. The number of nitrogens with zero attached hydrogens (tertiary/aromatic N) is 1. The highest BCUT2D eigenvalue weighted by Crippen LogP contribution is 2.34. The van der Waals surface area contributed by atoms with E-state index in [1.807, 2.05) is 19.1 Å². The van der Waals surface area contributed by atoms with E-state index in [4.69, 9.17) is 6.57 Å². The monoisotopic (exact) mass is 215 g/mol. The fraction of sp³-hybridized carbons (Fsp3) is 0.500. The fourth-order valence-electron chi connectivity index (χ4n) is 2.53. The first kappa shape index (κ1) is 11.2. The van der Waals surface area contributed by atoms with Gasteiger partial charge in [-0.25, -0.2) is 4.85 Å². The number of rotatable bonds is 1. The van der Waals surface area contributed by atoms with Crippen molar-refractivity contribution in [2.45, 2.75) is 44.6 Å². The summed E-state index contributed by atoms with van der Waals surface area (Å²) in [7, 11) is 0. The Hall–Kier alpha value is -1.33. The van der Waals surface area contributed by atoms with E-state index in [9.17, 15) is 5.11 Å². The molecule has 0 aromatic heterocycles. The average molecular weight is 215 g/mol. The molecule has 1 aromatic rings. The van der Waals surface area contributed by atoms with Crippen LogP contribution in [0.5, 0.6) is 0 Å². The Labute approximate surface area is 96.7 Å². The molecule has 1 fully saturated rings. The van der Waals surface area contributed by atoms with Crippen LogP contribution < -0.4 is 0 Å². The molecule has 1 N–H and O–H groups in total. The quantitative estimate of drug-likeness (QED) is 0.712. The topological polar surface area (TPSA) is 24.6 Å². The zero-order valence-corrected chi connectivity index (χ0v) is 9.61. The molecular formula is C14H17NO. The normalized spacial score (nSPS) is 25.1. The summed E-state index contributed by atoms with van der Waals surface area (Å²) >= 11 is 0. The minimum Gasteiger partial charge on any atom is -0.392 e. The summed E-state index contributed by atoms with van der Waals surface area (Å²) in [6, 6.07) is 5.94. The summed E-state index contributed by atoms with van der Waals surface area (Å²) in [5.41, 5.74) is 2.93. The lowest BCUT2D eigenvalue weighted by molar-refractivity contribution is 0.106. The van der Waals surface area contributed by atoms with E-state index in [-0.39, 0.29) is 12.0 Å². The second-order valence-electron chi connectivity index (χ2n) is 4.62. The molecule has 16 heavy (non-hydrogen) atoms. The highest BCUT2D eigenvalue weighted by Gasteiger charge is 2.24. The predicted octanol–water partition coefficient (Wildman–Crippen LogP) is 3.56. The lowest BCUT2D eigenvalue weighted by atomic mass is 9.81. The van der Waals surface area contributed by atoms with Crippen molar-refractivity contribution in [3.63, 3.8) is 0 Å². The van der Waals surface area contributed by atoms with Gasteiger partial charge in [-0.05, 0) is 30.9 Å². The van der Waals surface area contributed by atoms with Crippen molar-refractivity contribution in [1.82, 2.24) is 0 Å². The summed E-state index contributed by atoms with van der Waals surface area (Å²) in [5, 5.41) is 9.98. The molecule has 1 aliphatic rings. The highest BCUT2D eigenvalue weighted by atomic mass is 16.3. The van der Waals surface area contributed by atoms with Gasteiger partial charge in [0.25, 0.3) is 0 Å². The lowest BCUT2D eigenvalue weighted by Crippen LogP contribution is -2.22. The minimum absolute atomic E-state index is 0.202. The maximum Gasteiger partial charge on any atom is 0.190 e. The number of aliphatic hydroxyl groups excluding tert-OH is 1. The second kappa shape index (κ2) is 4.67. The van der Waals surface area contributed by atoms with Crippen molar-refractivity contribution in [3.05, 3.63) is 40.7 Å². The fourth-order valence-corrected chi connectivity index (χ4v) is 2.53. The largest absolute Gasteiger partial charge is 0.392 e. The van der Waals surface area contributed by atoms with Gasteiger partial charge in [-0.15, -0.1) is 0 Å². The van der Waals surface area contributed by atoms with E-state index >= 15 is 0 Å². The molecule has 0 unspecified atom stereocenters. The van der Waals surface area contributed by atoms with Crippen LogP contribution in [0.2, 0.25) is 0 Å². The molecule has 84 valence electrons. The van der Waals surface area contributed by atoms with Gasteiger partial charge in [0.05, 0.1) is 12.7 Å². The van der Waals surface area contributed by atoms with Crippen LogP contribution in [0.25, 0.3) is 4.85 Å². The van der Waals surface area contributed by atoms with Gasteiger partial charge in [-0.3, -0.25) is 0 Å². The summed E-state index contributed by atoms with van der Waals surface area (Å²) in [6.07, 6.45) is 4.11. The van der Waals surface area contributed by atoms with Crippen molar-refractivity contribution in [3.8, 4) is 0 Å². The zero-order valence-electron chi connectivity index (χ0n) is 9.61. The molecule has 0 radical (unpaired) electrons. The van der Waals surface area contributed by atoms with Crippen LogP contribution in [0.1, 0.15) is 42.7 Å². The van der Waals surface area contributed by atoms with Crippen LogP contribution in [0.4, 0.5) is 5.69 Å². The van der Waals surface area contributed by atoms with E-state index in [1.165, 1.54) is 12.0 Å². The Balaban J connectivity index is 2.27. The second-order valence-corrected chi connectivity index (χ2v) is 4.62. The summed E-state index contributed by atoms with van der Waals surface area (Å²) < 4.78 is 0. The molecule has 1 aromatic carbocycles. The molecule has 1 aliphatic carbocycles. The van der Waals surface area contributed by atoms with Crippen LogP contribution in [-0.2, 0) is 0 Å². The van der Waals surface area contributed by atoms with Crippen LogP contribution in [0.3, 0.4) is 0 Å². The third-order valence-electron chi connectivity index (χ3n) is 3.50. The Kier molecular flexibility index (Phi) is 3.26. The van der Waals surface area contributed by atoms with E-state index < -0.39 is 0 Å². The third-order valence-corrected chi connectivity index (χ3v) is 3.50. The number of aliphatic hydroxyl groups is 1. The van der Waals surface area contributed by atoms with E-state index in [0.717, 1.165) is 24.8 Å². The molecule has 0 aliphatic heterocycles. The first-order valence-electron chi connectivity index (χ1n) is 5.88. The van der Waals surface area contributed by atoms with Gasteiger partial charge in [-0.1, -0.05) is 31.0 Å². The van der Waals surface area contributed by atoms with Gasteiger partial charge in [0.1, 0.15) is 0 Å².